The van der Waals surface area contributed by atoms with E-state index in [1.807, 2.05) is 18.2 Å². The van der Waals surface area contributed by atoms with Gasteiger partial charge in [-0.15, -0.1) is 0 Å². The molecule has 0 aliphatic carbocycles. The number of ether oxygens (including phenoxy) is 1. The first-order chi connectivity index (χ1) is 12.3. The third-order valence-corrected chi connectivity index (χ3v) is 4.91. The molecule has 0 amide bonds. The molecule has 1 heterocycles. The van der Waals surface area contributed by atoms with E-state index in [2.05, 4.69) is 23.7 Å². The van der Waals surface area contributed by atoms with Gasteiger partial charge < -0.3 is 4.74 Å². The van der Waals surface area contributed by atoms with Crippen molar-refractivity contribution in [2.24, 2.45) is 0 Å². The quantitative estimate of drug-likeness (QED) is 0.554. The van der Waals surface area contributed by atoms with E-state index in [0.29, 0.717) is 6.54 Å². The number of hydrogen-bond acceptors (Lipinski definition) is 4. The lowest BCUT2D eigenvalue weighted by Gasteiger charge is -2.21. The molecular formula is C20H22FNO2S. The average Bonchev–Trinajstić information content (AvgIpc) is 2.65. The average molecular weight is 359 g/mol. The molecule has 0 radical (unpaired) electrons. The third kappa shape index (κ3) is 5.97. The van der Waals surface area contributed by atoms with Crippen molar-refractivity contribution >= 4 is 17.8 Å². The van der Waals surface area contributed by atoms with Crippen molar-refractivity contribution in [3.05, 3.63) is 66.0 Å². The number of nitrogens with one attached hydrogen (secondary N) is 1. The van der Waals surface area contributed by atoms with E-state index in [-0.39, 0.29) is 12.1 Å². The zero-order valence-corrected chi connectivity index (χ0v) is 14.8. The largest absolute Gasteiger partial charge is 0.351 e. The molecule has 2 aromatic carbocycles. The molecular weight excluding hydrogens is 337 g/mol. The van der Waals surface area contributed by atoms with Crippen molar-refractivity contribution < 1.29 is 14.0 Å². The van der Waals surface area contributed by atoms with Gasteiger partial charge in [0.2, 0.25) is 0 Å². The molecule has 1 unspecified atom stereocenters. The van der Waals surface area contributed by atoms with Gasteiger partial charge in [0.15, 0.2) is 6.29 Å². The first-order valence-corrected chi connectivity index (χ1v) is 9.32. The first kappa shape index (κ1) is 18.1. The minimum Gasteiger partial charge on any atom is -0.351 e. The van der Waals surface area contributed by atoms with Gasteiger partial charge in [0.1, 0.15) is 5.82 Å². The fourth-order valence-electron chi connectivity index (χ4n) is 2.52. The van der Waals surface area contributed by atoms with Gasteiger partial charge in [0.25, 0.3) is 0 Å². The molecule has 132 valence electrons. The summed E-state index contributed by atoms with van der Waals surface area (Å²) in [6.07, 6.45) is 7.15. The fourth-order valence-corrected chi connectivity index (χ4v) is 3.45. The maximum absolute atomic E-state index is 13.0. The number of halogens is 1. The van der Waals surface area contributed by atoms with E-state index in [4.69, 9.17) is 9.57 Å². The smallest absolute Gasteiger partial charge is 0.177 e. The standard InChI is InChI=1S/C20H22FNO2S/c21-17-10-12-18(13-11-17)25-19-8-2-1-6-16(19)7-5-14-22-24-20-9-3-4-15-23-20/h1-2,5-8,10-13,20,22H,3-4,9,14-15H2. The highest BCUT2D eigenvalue weighted by atomic mass is 32.2. The maximum atomic E-state index is 13.0. The number of benzene rings is 2. The number of hydrogen-bond donors (Lipinski definition) is 1. The van der Waals surface area contributed by atoms with E-state index >= 15 is 0 Å². The summed E-state index contributed by atoms with van der Waals surface area (Å²) in [5, 5.41) is 0. The highest BCUT2D eigenvalue weighted by Crippen LogP contribution is 2.31. The normalized spacial score (nSPS) is 17.9. The van der Waals surface area contributed by atoms with Gasteiger partial charge >= 0.3 is 0 Å². The summed E-state index contributed by atoms with van der Waals surface area (Å²) in [7, 11) is 0. The van der Waals surface area contributed by atoms with Crippen molar-refractivity contribution in [2.75, 3.05) is 13.2 Å². The van der Waals surface area contributed by atoms with E-state index in [1.54, 1.807) is 23.9 Å². The molecule has 1 N–H and O–H groups in total. The molecule has 5 heteroatoms. The second-order valence-corrected chi connectivity index (χ2v) is 6.87. The Labute approximate surface area is 152 Å². The summed E-state index contributed by atoms with van der Waals surface area (Å²) >= 11 is 1.62. The Bertz CT molecular complexity index is 684. The van der Waals surface area contributed by atoms with Crippen molar-refractivity contribution in [2.45, 2.75) is 35.3 Å². The van der Waals surface area contributed by atoms with Crippen LogP contribution in [0.5, 0.6) is 0 Å². The monoisotopic (exact) mass is 359 g/mol. The Morgan fingerprint density at radius 1 is 1.16 bits per heavy atom. The van der Waals surface area contributed by atoms with Crippen molar-refractivity contribution in [1.29, 1.82) is 0 Å². The molecule has 0 saturated carbocycles. The Morgan fingerprint density at radius 3 is 2.80 bits per heavy atom. The Balaban J connectivity index is 1.52. The van der Waals surface area contributed by atoms with Crippen LogP contribution < -0.4 is 5.48 Å². The zero-order valence-electron chi connectivity index (χ0n) is 14.0. The Hall–Kier alpha value is -1.66. The molecule has 0 spiro atoms. The van der Waals surface area contributed by atoms with Gasteiger partial charge in [-0.05, 0) is 48.7 Å². The molecule has 0 bridgehead atoms. The van der Waals surface area contributed by atoms with Gasteiger partial charge in [-0.2, -0.15) is 5.48 Å². The molecule has 3 nitrogen and oxygen atoms in total. The molecule has 1 saturated heterocycles. The predicted molar refractivity (Wildman–Crippen MR) is 98.7 cm³/mol. The minimum absolute atomic E-state index is 0.136. The second kappa shape index (κ2) is 9.73. The van der Waals surface area contributed by atoms with E-state index < -0.39 is 0 Å². The summed E-state index contributed by atoms with van der Waals surface area (Å²) < 4.78 is 18.5. The highest BCUT2D eigenvalue weighted by molar-refractivity contribution is 7.99. The van der Waals surface area contributed by atoms with Crippen LogP contribution in [0.2, 0.25) is 0 Å². The zero-order chi connectivity index (χ0) is 17.3. The SMILES string of the molecule is Fc1ccc(Sc2ccccc2C=CCNOC2CCCCO2)cc1. The second-order valence-electron chi connectivity index (χ2n) is 5.76. The molecule has 1 atom stereocenters. The fraction of sp³-hybridized carbons (Fsp3) is 0.300. The van der Waals surface area contributed by atoms with E-state index in [9.17, 15) is 4.39 Å². The van der Waals surface area contributed by atoms with Crippen LogP contribution in [0.4, 0.5) is 4.39 Å². The third-order valence-electron chi connectivity index (χ3n) is 3.81. The summed E-state index contributed by atoms with van der Waals surface area (Å²) in [6.45, 7) is 1.38. The summed E-state index contributed by atoms with van der Waals surface area (Å²) in [5.74, 6) is -0.217. The van der Waals surface area contributed by atoms with Gasteiger partial charge in [-0.25, -0.2) is 4.39 Å². The first-order valence-electron chi connectivity index (χ1n) is 8.50. The Morgan fingerprint density at radius 2 is 2.00 bits per heavy atom. The van der Waals surface area contributed by atoms with Crippen molar-refractivity contribution in [1.82, 2.24) is 5.48 Å². The van der Waals surface area contributed by atoms with Crippen molar-refractivity contribution in [3.63, 3.8) is 0 Å². The van der Waals surface area contributed by atoms with Crippen LogP contribution in [-0.2, 0) is 9.57 Å². The summed E-state index contributed by atoms with van der Waals surface area (Å²) in [6, 6.07) is 14.7. The molecule has 0 aromatic heterocycles. The molecule has 25 heavy (non-hydrogen) atoms. The molecule has 3 rings (SSSR count). The van der Waals surface area contributed by atoms with Crippen LogP contribution >= 0.6 is 11.8 Å². The molecule has 1 aliphatic rings. The topological polar surface area (TPSA) is 30.5 Å². The van der Waals surface area contributed by atoms with Gasteiger partial charge in [0.05, 0.1) is 0 Å². The van der Waals surface area contributed by atoms with Crippen LogP contribution in [0.25, 0.3) is 6.08 Å². The molecule has 1 aliphatic heterocycles. The number of hydroxylamine groups is 1. The van der Waals surface area contributed by atoms with Crippen LogP contribution in [0, 0.1) is 5.82 Å². The van der Waals surface area contributed by atoms with Crippen LogP contribution in [0.15, 0.2) is 64.4 Å². The maximum Gasteiger partial charge on any atom is 0.177 e. The van der Waals surface area contributed by atoms with E-state index in [0.717, 1.165) is 41.2 Å². The van der Waals surface area contributed by atoms with Gasteiger partial charge in [-0.1, -0.05) is 42.1 Å². The van der Waals surface area contributed by atoms with Crippen LogP contribution in [0.3, 0.4) is 0 Å². The minimum atomic E-state index is -0.217. The van der Waals surface area contributed by atoms with E-state index in [1.165, 1.54) is 12.1 Å². The van der Waals surface area contributed by atoms with Crippen LogP contribution in [0.1, 0.15) is 24.8 Å². The van der Waals surface area contributed by atoms with Gasteiger partial charge in [0, 0.05) is 29.4 Å². The highest BCUT2D eigenvalue weighted by Gasteiger charge is 2.13. The molecule has 1 fully saturated rings. The lowest BCUT2D eigenvalue weighted by atomic mass is 10.2. The van der Waals surface area contributed by atoms with Crippen molar-refractivity contribution in [3.8, 4) is 0 Å². The van der Waals surface area contributed by atoms with Crippen LogP contribution in [-0.4, -0.2) is 19.4 Å². The van der Waals surface area contributed by atoms with Gasteiger partial charge in [-0.3, -0.25) is 4.84 Å². The summed E-state index contributed by atoms with van der Waals surface area (Å²) in [4.78, 5) is 7.63. The predicted octanol–water partition coefficient (Wildman–Crippen LogP) is 5.04. The summed E-state index contributed by atoms with van der Waals surface area (Å²) in [5.41, 5.74) is 4.06. The Kier molecular flexibility index (Phi) is 7.06. The lowest BCUT2D eigenvalue weighted by molar-refractivity contribution is -0.194. The molecule has 2 aromatic rings. The lowest BCUT2D eigenvalue weighted by Crippen LogP contribution is -2.29. The number of rotatable bonds is 7.